The lowest BCUT2D eigenvalue weighted by atomic mass is 10.2. The van der Waals surface area contributed by atoms with Crippen LogP contribution < -0.4 is 15.4 Å². The number of rotatable bonds is 3. The highest BCUT2D eigenvalue weighted by molar-refractivity contribution is 9.10. The first-order chi connectivity index (χ1) is 12.0. The highest BCUT2D eigenvalue weighted by Gasteiger charge is 2.11. The molecule has 1 heterocycles. The second-order valence-corrected chi connectivity index (χ2v) is 6.45. The van der Waals surface area contributed by atoms with E-state index in [9.17, 15) is 4.79 Å². The molecular weight excluding hydrogens is 406 g/mol. The number of hydrogen-bond acceptors (Lipinski definition) is 5. The Balaban J connectivity index is 1.88. The molecule has 3 aromatic rings. The molecule has 3 rings (SSSR count). The van der Waals surface area contributed by atoms with Crippen molar-refractivity contribution < 1.29 is 13.9 Å². The fraction of sp³-hybridized carbons (Fsp3) is 0.118. The fourth-order valence-corrected chi connectivity index (χ4v) is 3.05. The van der Waals surface area contributed by atoms with Crippen LogP contribution >= 0.6 is 28.1 Å². The van der Waals surface area contributed by atoms with Crippen LogP contribution in [0.2, 0.25) is 0 Å². The molecular formula is C17H14BrN3O3S. The monoisotopic (exact) mass is 419 g/mol. The average molecular weight is 420 g/mol. The zero-order chi connectivity index (χ0) is 18.0. The van der Waals surface area contributed by atoms with Crippen molar-refractivity contribution in [2.24, 2.45) is 0 Å². The fourth-order valence-electron chi connectivity index (χ4n) is 2.25. The molecule has 0 atom stereocenters. The van der Waals surface area contributed by atoms with Crippen molar-refractivity contribution >= 4 is 56.0 Å². The Bertz CT molecular complexity index is 971. The van der Waals surface area contributed by atoms with Crippen LogP contribution in [-0.2, 0) is 4.79 Å². The zero-order valence-electron chi connectivity index (χ0n) is 13.4. The first-order valence-electron chi connectivity index (χ1n) is 7.29. The summed E-state index contributed by atoms with van der Waals surface area (Å²) in [7, 11) is 1.61. The molecule has 0 spiro atoms. The van der Waals surface area contributed by atoms with E-state index >= 15 is 0 Å². The molecule has 0 saturated heterocycles. The number of methoxy groups -OCH3 is 1. The number of benzene rings is 2. The molecule has 0 aliphatic carbocycles. The van der Waals surface area contributed by atoms with Gasteiger partial charge in [-0.15, -0.1) is 0 Å². The van der Waals surface area contributed by atoms with Gasteiger partial charge in [0.05, 0.1) is 11.6 Å². The van der Waals surface area contributed by atoms with Crippen LogP contribution in [0, 0.1) is 0 Å². The summed E-state index contributed by atoms with van der Waals surface area (Å²) in [5.41, 5.74) is 2.87. The van der Waals surface area contributed by atoms with E-state index in [1.807, 2.05) is 18.2 Å². The van der Waals surface area contributed by atoms with E-state index < -0.39 is 0 Å². The third-order valence-corrected chi connectivity index (χ3v) is 4.16. The van der Waals surface area contributed by atoms with Gasteiger partial charge >= 0.3 is 0 Å². The number of carbonyl (C=O) groups is 1. The largest absolute Gasteiger partial charge is 0.496 e. The van der Waals surface area contributed by atoms with Gasteiger partial charge in [0, 0.05) is 18.2 Å². The molecule has 2 aromatic carbocycles. The van der Waals surface area contributed by atoms with Crippen LogP contribution in [0.15, 0.2) is 45.3 Å². The van der Waals surface area contributed by atoms with Crippen molar-refractivity contribution in [1.82, 2.24) is 10.3 Å². The first-order valence-corrected chi connectivity index (χ1v) is 8.49. The van der Waals surface area contributed by atoms with Gasteiger partial charge in [0.1, 0.15) is 11.3 Å². The summed E-state index contributed by atoms with van der Waals surface area (Å²) < 4.78 is 11.8. The van der Waals surface area contributed by atoms with Gasteiger partial charge < -0.3 is 19.8 Å². The third kappa shape index (κ3) is 3.97. The summed E-state index contributed by atoms with van der Waals surface area (Å²) in [5.74, 6) is 1.00. The predicted octanol–water partition coefficient (Wildman–Crippen LogP) is 4.10. The second-order valence-electron chi connectivity index (χ2n) is 5.19. The molecule has 6 nitrogen and oxygen atoms in total. The number of fused-ring (bicyclic) bond motifs is 1. The Morgan fingerprint density at radius 3 is 2.76 bits per heavy atom. The molecule has 0 radical (unpaired) electrons. The van der Waals surface area contributed by atoms with Crippen LogP contribution in [0.4, 0.5) is 5.69 Å². The van der Waals surface area contributed by atoms with E-state index in [1.165, 1.54) is 6.92 Å². The summed E-state index contributed by atoms with van der Waals surface area (Å²) in [5, 5.41) is 5.67. The van der Waals surface area contributed by atoms with Crippen molar-refractivity contribution in [3.8, 4) is 17.2 Å². The molecule has 8 heteroatoms. The predicted molar refractivity (Wildman–Crippen MR) is 104 cm³/mol. The SMILES string of the molecule is COc1ccc(-c2nc3cc(NC(=S)NC(C)=O)ccc3o2)cc1Br. The number of nitrogens with zero attached hydrogens (tertiary/aromatic N) is 1. The summed E-state index contributed by atoms with van der Waals surface area (Å²) in [4.78, 5) is 15.5. The number of thiocarbonyl (C=S) groups is 1. The number of amides is 1. The van der Waals surface area contributed by atoms with Crippen molar-refractivity contribution in [2.45, 2.75) is 6.92 Å². The molecule has 1 amide bonds. The van der Waals surface area contributed by atoms with Crippen molar-refractivity contribution in [2.75, 3.05) is 12.4 Å². The average Bonchev–Trinajstić information content (AvgIpc) is 2.97. The minimum absolute atomic E-state index is 0.229. The highest BCUT2D eigenvalue weighted by atomic mass is 79.9. The lowest BCUT2D eigenvalue weighted by Crippen LogP contribution is -2.32. The maximum absolute atomic E-state index is 11.0. The molecule has 0 unspecified atom stereocenters. The normalized spacial score (nSPS) is 10.5. The Kier molecular flexibility index (Phi) is 5.00. The van der Waals surface area contributed by atoms with Crippen LogP contribution in [-0.4, -0.2) is 23.1 Å². The second kappa shape index (κ2) is 7.20. The number of aromatic nitrogens is 1. The molecule has 0 aliphatic rings. The quantitative estimate of drug-likeness (QED) is 0.622. The molecule has 0 aliphatic heterocycles. The topological polar surface area (TPSA) is 76.4 Å². The standard InChI is InChI=1S/C17H14BrN3O3S/c1-9(22)19-17(25)20-11-4-6-15-13(8-11)21-16(24-15)10-3-5-14(23-2)12(18)7-10/h3-8H,1-2H3,(H2,19,20,22,25). The molecule has 2 N–H and O–H groups in total. The summed E-state index contributed by atoms with van der Waals surface area (Å²) >= 11 is 8.50. The van der Waals surface area contributed by atoms with Gasteiger partial charge in [0.25, 0.3) is 0 Å². The van der Waals surface area contributed by atoms with Crippen LogP contribution in [0.5, 0.6) is 5.75 Å². The Hall–Kier alpha value is -2.45. The third-order valence-electron chi connectivity index (χ3n) is 3.33. The lowest BCUT2D eigenvalue weighted by molar-refractivity contribution is -0.117. The van der Waals surface area contributed by atoms with Gasteiger partial charge in [-0.3, -0.25) is 4.79 Å². The van der Waals surface area contributed by atoms with Gasteiger partial charge in [-0.05, 0) is 64.5 Å². The van der Waals surface area contributed by atoms with E-state index in [0.717, 1.165) is 15.8 Å². The molecule has 0 saturated carbocycles. The number of carbonyl (C=O) groups excluding carboxylic acids is 1. The van der Waals surface area contributed by atoms with Crippen LogP contribution in [0.25, 0.3) is 22.6 Å². The lowest BCUT2D eigenvalue weighted by Gasteiger charge is -2.07. The van der Waals surface area contributed by atoms with E-state index in [1.54, 1.807) is 25.3 Å². The van der Waals surface area contributed by atoms with E-state index in [4.69, 9.17) is 21.4 Å². The molecule has 1 aromatic heterocycles. The van der Waals surface area contributed by atoms with E-state index in [2.05, 4.69) is 31.5 Å². The Labute approximate surface area is 157 Å². The number of halogens is 1. The molecule has 0 bridgehead atoms. The molecule has 0 fully saturated rings. The smallest absolute Gasteiger partial charge is 0.227 e. The minimum Gasteiger partial charge on any atom is -0.496 e. The van der Waals surface area contributed by atoms with Gasteiger partial charge in [0.15, 0.2) is 10.7 Å². The van der Waals surface area contributed by atoms with E-state index in [0.29, 0.717) is 22.7 Å². The molecule has 128 valence electrons. The van der Waals surface area contributed by atoms with Gasteiger partial charge in [-0.25, -0.2) is 4.98 Å². The summed E-state index contributed by atoms with van der Waals surface area (Å²) in [6, 6.07) is 11.0. The van der Waals surface area contributed by atoms with E-state index in [-0.39, 0.29) is 11.0 Å². The van der Waals surface area contributed by atoms with Crippen LogP contribution in [0.1, 0.15) is 6.92 Å². The van der Waals surface area contributed by atoms with Crippen molar-refractivity contribution in [3.63, 3.8) is 0 Å². The maximum atomic E-state index is 11.0. The number of anilines is 1. The van der Waals surface area contributed by atoms with Crippen molar-refractivity contribution in [1.29, 1.82) is 0 Å². The molecule has 25 heavy (non-hydrogen) atoms. The Morgan fingerprint density at radius 1 is 1.28 bits per heavy atom. The van der Waals surface area contributed by atoms with Crippen molar-refractivity contribution in [3.05, 3.63) is 40.9 Å². The number of oxazole rings is 1. The summed E-state index contributed by atoms with van der Waals surface area (Å²) in [6.07, 6.45) is 0. The maximum Gasteiger partial charge on any atom is 0.227 e. The minimum atomic E-state index is -0.229. The number of nitrogens with one attached hydrogen (secondary N) is 2. The van der Waals surface area contributed by atoms with Gasteiger partial charge in [-0.2, -0.15) is 0 Å². The zero-order valence-corrected chi connectivity index (χ0v) is 15.8. The summed E-state index contributed by atoms with van der Waals surface area (Å²) in [6.45, 7) is 1.40. The first kappa shape index (κ1) is 17.4. The van der Waals surface area contributed by atoms with Crippen LogP contribution in [0.3, 0.4) is 0 Å². The number of ether oxygens (including phenoxy) is 1. The van der Waals surface area contributed by atoms with Gasteiger partial charge in [0.2, 0.25) is 11.8 Å². The number of hydrogen-bond donors (Lipinski definition) is 2. The van der Waals surface area contributed by atoms with Gasteiger partial charge in [-0.1, -0.05) is 0 Å². The highest BCUT2D eigenvalue weighted by Crippen LogP contribution is 2.32. The Morgan fingerprint density at radius 2 is 2.08 bits per heavy atom.